The molecule has 0 amide bonds. The number of nitrogens with zero attached hydrogens (tertiary/aromatic N) is 1. The van der Waals surface area contributed by atoms with Crippen molar-refractivity contribution < 1.29 is 4.74 Å². The van der Waals surface area contributed by atoms with E-state index in [2.05, 4.69) is 12.2 Å². The largest absolute Gasteiger partial charge is 0.479 e. The number of halogens is 1. The van der Waals surface area contributed by atoms with Crippen molar-refractivity contribution >= 4 is 17.3 Å². The minimum atomic E-state index is 0.0651. The molecule has 1 atom stereocenters. The van der Waals surface area contributed by atoms with Crippen molar-refractivity contribution in [1.29, 1.82) is 5.26 Å². The number of nitriles is 1. The summed E-state index contributed by atoms with van der Waals surface area (Å²) in [6.45, 7) is 2.14. The second-order valence-electron chi connectivity index (χ2n) is 4.39. The fourth-order valence-corrected chi connectivity index (χ4v) is 2.07. The van der Waals surface area contributed by atoms with Gasteiger partial charge in [0.1, 0.15) is 11.8 Å². The normalized spacial score (nSPS) is 11.4. The summed E-state index contributed by atoms with van der Waals surface area (Å²) in [6.07, 6.45) is 0. The van der Waals surface area contributed by atoms with E-state index in [9.17, 15) is 0 Å². The maximum Gasteiger partial charge on any atom is 0.174 e. The van der Waals surface area contributed by atoms with Crippen molar-refractivity contribution in [3.05, 3.63) is 59.1 Å². The third kappa shape index (κ3) is 3.91. The zero-order chi connectivity index (χ0) is 14.4. The standard InChI is InChI=1S/C16H15ClN2O/c1-12(19-15-4-2-3-14(17)11-15)13-5-7-16(8-6-13)20-10-9-18/h2-8,11-12,19H,10H2,1H3. The molecule has 0 saturated carbocycles. The zero-order valence-electron chi connectivity index (χ0n) is 11.1. The summed E-state index contributed by atoms with van der Waals surface area (Å²) < 4.78 is 5.22. The number of nitrogens with one attached hydrogen (secondary N) is 1. The van der Waals surface area contributed by atoms with Crippen molar-refractivity contribution in [2.75, 3.05) is 11.9 Å². The molecule has 0 fully saturated rings. The summed E-state index contributed by atoms with van der Waals surface area (Å²) in [5.41, 5.74) is 2.11. The van der Waals surface area contributed by atoms with Crippen molar-refractivity contribution in [2.24, 2.45) is 0 Å². The molecule has 102 valence electrons. The number of hydrogen-bond donors (Lipinski definition) is 1. The van der Waals surface area contributed by atoms with E-state index >= 15 is 0 Å². The summed E-state index contributed by atoms with van der Waals surface area (Å²) in [7, 11) is 0. The summed E-state index contributed by atoms with van der Waals surface area (Å²) in [6, 6.07) is 17.4. The van der Waals surface area contributed by atoms with E-state index in [1.54, 1.807) is 0 Å². The smallest absolute Gasteiger partial charge is 0.174 e. The predicted molar refractivity (Wildman–Crippen MR) is 81.0 cm³/mol. The highest BCUT2D eigenvalue weighted by Gasteiger charge is 2.05. The Morgan fingerprint density at radius 1 is 1.25 bits per heavy atom. The molecule has 1 N–H and O–H groups in total. The first-order chi connectivity index (χ1) is 9.69. The molecule has 0 aliphatic carbocycles. The maximum atomic E-state index is 8.46. The van der Waals surface area contributed by atoms with Gasteiger partial charge in [-0.05, 0) is 42.8 Å². The Morgan fingerprint density at radius 3 is 2.65 bits per heavy atom. The number of anilines is 1. The number of benzene rings is 2. The second kappa shape index (κ2) is 6.83. The van der Waals surface area contributed by atoms with Gasteiger partial charge in [0.15, 0.2) is 6.61 Å². The second-order valence-corrected chi connectivity index (χ2v) is 4.83. The molecule has 2 aromatic rings. The van der Waals surface area contributed by atoms with Crippen molar-refractivity contribution in [2.45, 2.75) is 13.0 Å². The molecule has 0 saturated heterocycles. The lowest BCUT2D eigenvalue weighted by molar-refractivity contribution is 0.368. The van der Waals surface area contributed by atoms with Crippen molar-refractivity contribution in [3.8, 4) is 11.8 Å². The molecule has 4 heteroatoms. The third-order valence-corrected chi connectivity index (χ3v) is 3.13. The van der Waals surface area contributed by atoms with E-state index in [0.29, 0.717) is 10.8 Å². The van der Waals surface area contributed by atoms with E-state index in [1.165, 1.54) is 0 Å². The molecule has 3 nitrogen and oxygen atoms in total. The molecule has 1 unspecified atom stereocenters. The molecule has 0 heterocycles. The molecular weight excluding hydrogens is 272 g/mol. The van der Waals surface area contributed by atoms with E-state index < -0.39 is 0 Å². The van der Waals surface area contributed by atoms with Gasteiger partial charge in [0.25, 0.3) is 0 Å². The lowest BCUT2D eigenvalue weighted by Crippen LogP contribution is -2.06. The summed E-state index contributed by atoms with van der Waals surface area (Å²) >= 11 is 5.96. The van der Waals surface area contributed by atoms with Crippen molar-refractivity contribution in [1.82, 2.24) is 0 Å². The summed E-state index contributed by atoms with van der Waals surface area (Å²) in [4.78, 5) is 0. The Labute approximate surface area is 123 Å². The molecule has 2 rings (SSSR count). The predicted octanol–water partition coefficient (Wildman–Crippen LogP) is 4.42. The minimum absolute atomic E-state index is 0.0651. The van der Waals surface area contributed by atoms with Gasteiger partial charge in [0.05, 0.1) is 0 Å². The highest BCUT2D eigenvalue weighted by Crippen LogP contribution is 2.23. The molecule has 0 aliphatic heterocycles. The zero-order valence-corrected chi connectivity index (χ0v) is 11.9. The summed E-state index contributed by atoms with van der Waals surface area (Å²) in [5.74, 6) is 0.699. The fourth-order valence-electron chi connectivity index (χ4n) is 1.88. The van der Waals surface area contributed by atoms with Crippen LogP contribution in [0.3, 0.4) is 0 Å². The van der Waals surface area contributed by atoms with Gasteiger partial charge in [-0.3, -0.25) is 0 Å². The van der Waals surface area contributed by atoms with Crippen LogP contribution in [0.2, 0.25) is 5.02 Å². The Kier molecular flexibility index (Phi) is 4.86. The Morgan fingerprint density at radius 2 is 2.00 bits per heavy atom. The summed E-state index contributed by atoms with van der Waals surface area (Å²) in [5, 5.41) is 12.6. The Balaban J connectivity index is 2.02. The van der Waals surface area contributed by atoms with Gasteiger partial charge < -0.3 is 10.1 Å². The molecule has 20 heavy (non-hydrogen) atoms. The SMILES string of the molecule is CC(Nc1cccc(Cl)c1)c1ccc(OCC#N)cc1. The van der Waals surface area contributed by atoms with Gasteiger partial charge in [0, 0.05) is 16.8 Å². The topological polar surface area (TPSA) is 45.0 Å². The van der Waals surface area contributed by atoms with Crippen LogP contribution in [0.4, 0.5) is 5.69 Å². The average Bonchev–Trinajstić information content (AvgIpc) is 2.45. The third-order valence-electron chi connectivity index (χ3n) is 2.89. The van der Waals surface area contributed by atoms with Gasteiger partial charge in [-0.1, -0.05) is 29.8 Å². The minimum Gasteiger partial charge on any atom is -0.479 e. The van der Waals surface area contributed by atoms with Crippen LogP contribution < -0.4 is 10.1 Å². The van der Waals surface area contributed by atoms with Crippen molar-refractivity contribution in [3.63, 3.8) is 0 Å². The van der Waals surface area contributed by atoms with Gasteiger partial charge in [-0.2, -0.15) is 5.26 Å². The van der Waals surface area contributed by atoms with Crippen LogP contribution in [0.25, 0.3) is 0 Å². The lowest BCUT2D eigenvalue weighted by atomic mass is 10.1. The average molecular weight is 287 g/mol. The van der Waals surface area contributed by atoms with Crippen LogP contribution in [0.5, 0.6) is 5.75 Å². The van der Waals surface area contributed by atoms with Gasteiger partial charge in [-0.15, -0.1) is 0 Å². The first-order valence-electron chi connectivity index (χ1n) is 6.31. The molecule has 2 aromatic carbocycles. The van der Waals surface area contributed by atoms with Crippen LogP contribution in [-0.4, -0.2) is 6.61 Å². The van der Waals surface area contributed by atoms with E-state index in [4.69, 9.17) is 21.6 Å². The van der Waals surface area contributed by atoms with Gasteiger partial charge in [-0.25, -0.2) is 0 Å². The number of hydrogen-bond acceptors (Lipinski definition) is 3. The maximum absolute atomic E-state index is 8.46. The molecular formula is C16H15ClN2O. The van der Waals surface area contributed by atoms with Crippen LogP contribution in [0.15, 0.2) is 48.5 Å². The van der Waals surface area contributed by atoms with Crippen LogP contribution in [0, 0.1) is 11.3 Å². The highest BCUT2D eigenvalue weighted by atomic mass is 35.5. The molecule has 0 bridgehead atoms. The quantitative estimate of drug-likeness (QED) is 0.885. The molecule has 0 aromatic heterocycles. The first-order valence-corrected chi connectivity index (χ1v) is 6.68. The van der Waals surface area contributed by atoms with Crippen LogP contribution in [0.1, 0.15) is 18.5 Å². The Bertz CT molecular complexity index is 605. The van der Waals surface area contributed by atoms with E-state index in [-0.39, 0.29) is 12.6 Å². The number of rotatable bonds is 5. The Hall–Kier alpha value is -2.18. The van der Waals surface area contributed by atoms with Crippen LogP contribution >= 0.6 is 11.6 Å². The van der Waals surface area contributed by atoms with Gasteiger partial charge in [0.2, 0.25) is 0 Å². The molecule has 0 aliphatic rings. The van der Waals surface area contributed by atoms with Crippen LogP contribution in [-0.2, 0) is 0 Å². The fraction of sp³-hybridized carbons (Fsp3) is 0.188. The molecule has 0 spiro atoms. The van der Waals surface area contributed by atoms with E-state index in [1.807, 2.05) is 54.6 Å². The highest BCUT2D eigenvalue weighted by molar-refractivity contribution is 6.30. The monoisotopic (exact) mass is 286 g/mol. The lowest BCUT2D eigenvalue weighted by Gasteiger charge is -2.16. The van der Waals surface area contributed by atoms with E-state index in [0.717, 1.165) is 11.3 Å². The number of ether oxygens (including phenoxy) is 1. The van der Waals surface area contributed by atoms with Gasteiger partial charge >= 0.3 is 0 Å². The first kappa shape index (κ1) is 14.2. The molecule has 0 radical (unpaired) electrons.